The Kier molecular flexibility index (Phi) is 3.38. The van der Waals surface area contributed by atoms with E-state index in [9.17, 15) is 14.3 Å². The summed E-state index contributed by atoms with van der Waals surface area (Å²) in [4.78, 5) is 14.0. The Bertz CT molecular complexity index is 533. The highest BCUT2D eigenvalue weighted by atomic mass is 19.1. The number of aliphatic hydroxyl groups excluding tert-OH is 1. The predicted molar refractivity (Wildman–Crippen MR) is 73.9 cm³/mol. The zero-order valence-corrected chi connectivity index (χ0v) is 11.5. The number of hydrogen-bond acceptors (Lipinski definition) is 3. The van der Waals surface area contributed by atoms with Crippen LogP contribution >= 0.6 is 0 Å². The number of carbonyl (C=O) groups is 1. The second-order valence-electron chi connectivity index (χ2n) is 5.63. The minimum Gasteiger partial charge on any atom is -0.389 e. The van der Waals surface area contributed by atoms with Gasteiger partial charge in [0.2, 0.25) is 5.91 Å². The lowest BCUT2D eigenvalue weighted by molar-refractivity contribution is -0.122. The van der Waals surface area contributed by atoms with Crippen molar-refractivity contribution in [3.05, 3.63) is 29.6 Å². The number of anilines is 1. The third kappa shape index (κ3) is 2.16. The number of rotatable bonds is 2. The molecule has 5 heteroatoms. The molecule has 0 saturated carbocycles. The number of benzene rings is 1. The number of halogens is 1. The molecule has 3 rings (SSSR count). The lowest BCUT2D eigenvalue weighted by Gasteiger charge is -2.39. The zero-order valence-electron chi connectivity index (χ0n) is 11.5. The second-order valence-corrected chi connectivity index (χ2v) is 5.63. The third-order valence-corrected chi connectivity index (χ3v) is 4.35. The van der Waals surface area contributed by atoms with Gasteiger partial charge in [0.05, 0.1) is 18.1 Å². The van der Waals surface area contributed by atoms with Crippen molar-refractivity contribution >= 4 is 11.6 Å². The number of hydrogen-bond donors (Lipinski definition) is 2. The van der Waals surface area contributed by atoms with Gasteiger partial charge in [0.1, 0.15) is 5.82 Å². The van der Waals surface area contributed by atoms with E-state index in [1.807, 2.05) is 0 Å². The van der Waals surface area contributed by atoms with Crippen LogP contribution in [0.4, 0.5) is 10.1 Å². The van der Waals surface area contributed by atoms with Crippen LogP contribution in [0.5, 0.6) is 0 Å². The van der Waals surface area contributed by atoms with Gasteiger partial charge in [-0.2, -0.15) is 0 Å². The van der Waals surface area contributed by atoms with Crippen molar-refractivity contribution in [2.75, 3.05) is 18.0 Å². The van der Waals surface area contributed by atoms with Gasteiger partial charge >= 0.3 is 0 Å². The van der Waals surface area contributed by atoms with Crippen molar-refractivity contribution in [3.63, 3.8) is 0 Å². The fraction of sp³-hybridized carbons (Fsp3) is 0.533. The molecule has 4 nitrogen and oxygen atoms in total. The molecule has 108 valence electrons. The third-order valence-electron chi connectivity index (χ3n) is 4.35. The van der Waals surface area contributed by atoms with Crippen LogP contribution in [0.1, 0.15) is 31.4 Å². The maximum Gasteiger partial charge on any atom is 0.225 e. The average Bonchev–Trinajstić information content (AvgIpc) is 2.81. The van der Waals surface area contributed by atoms with E-state index >= 15 is 0 Å². The number of nitrogens with zero attached hydrogens (tertiary/aromatic N) is 1. The summed E-state index contributed by atoms with van der Waals surface area (Å²) >= 11 is 0. The summed E-state index contributed by atoms with van der Waals surface area (Å²) in [6.45, 7) is 3.10. The molecule has 2 heterocycles. The van der Waals surface area contributed by atoms with Crippen LogP contribution in [0.3, 0.4) is 0 Å². The fourth-order valence-electron chi connectivity index (χ4n) is 3.37. The van der Waals surface area contributed by atoms with Gasteiger partial charge in [-0.05, 0) is 38.0 Å². The summed E-state index contributed by atoms with van der Waals surface area (Å²) in [5.74, 6) is -0.227. The first-order valence-electron chi connectivity index (χ1n) is 7.10. The summed E-state index contributed by atoms with van der Waals surface area (Å²) in [7, 11) is 0. The van der Waals surface area contributed by atoms with E-state index in [-0.39, 0.29) is 23.7 Å². The van der Waals surface area contributed by atoms with Crippen LogP contribution in [-0.4, -0.2) is 30.1 Å². The summed E-state index contributed by atoms with van der Waals surface area (Å²) < 4.78 is 13.4. The minimum absolute atomic E-state index is 0.00986. The lowest BCUT2D eigenvalue weighted by atomic mass is 9.90. The highest BCUT2D eigenvalue weighted by molar-refractivity contribution is 5.83. The van der Waals surface area contributed by atoms with Crippen LogP contribution in [0.25, 0.3) is 0 Å². The van der Waals surface area contributed by atoms with Crippen molar-refractivity contribution in [2.24, 2.45) is 5.92 Å². The number of piperidine rings is 1. The van der Waals surface area contributed by atoms with Gasteiger partial charge in [0.15, 0.2) is 0 Å². The maximum absolute atomic E-state index is 13.4. The van der Waals surface area contributed by atoms with Gasteiger partial charge in [-0.15, -0.1) is 0 Å². The summed E-state index contributed by atoms with van der Waals surface area (Å²) in [5, 5.41) is 12.8. The Labute approximate surface area is 117 Å². The SMILES string of the molecule is C[C@H](O)c1cc(F)ccc1N1CCCC2C(=O)NCC21. The fourth-order valence-corrected chi connectivity index (χ4v) is 3.37. The van der Waals surface area contributed by atoms with E-state index in [1.54, 1.807) is 13.0 Å². The Balaban J connectivity index is 1.98. The van der Waals surface area contributed by atoms with E-state index in [0.717, 1.165) is 25.1 Å². The Morgan fingerprint density at radius 1 is 1.50 bits per heavy atom. The van der Waals surface area contributed by atoms with Crippen LogP contribution in [-0.2, 0) is 4.79 Å². The number of amides is 1. The highest BCUT2D eigenvalue weighted by Gasteiger charge is 2.41. The normalized spacial score (nSPS) is 27.1. The van der Waals surface area contributed by atoms with E-state index in [1.165, 1.54) is 12.1 Å². The van der Waals surface area contributed by atoms with Gasteiger partial charge in [-0.25, -0.2) is 4.39 Å². The first-order chi connectivity index (χ1) is 9.58. The molecule has 1 aromatic carbocycles. The summed E-state index contributed by atoms with van der Waals surface area (Å²) in [6, 6.07) is 4.62. The standard InChI is InChI=1S/C15H19FN2O2/c1-9(19)12-7-10(16)4-5-13(12)18-6-2-3-11-14(18)8-17-15(11)20/h4-5,7,9,11,14,19H,2-3,6,8H2,1H3,(H,17,20)/t9-,11?,14?/m0/s1. The van der Waals surface area contributed by atoms with Gasteiger partial charge < -0.3 is 15.3 Å². The largest absolute Gasteiger partial charge is 0.389 e. The molecule has 2 N–H and O–H groups in total. The predicted octanol–water partition coefficient (Wildman–Crippen LogP) is 1.59. The zero-order chi connectivity index (χ0) is 14.3. The van der Waals surface area contributed by atoms with E-state index in [4.69, 9.17) is 0 Å². The molecule has 0 spiro atoms. The van der Waals surface area contributed by atoms with Crippen molar-refractivity contribution in [1.29, 1.82) is 0 Å². The number of nitrogens with one attached hydrogen (secondary N) is 1. The van der Waals surface area contributed by atoms with Crippen molar-refractivity contribution < 1.29 is 14.3 Å². The molecule has 0 radical (unpaired) electrons. The minimum atomic E-state index is -0.730. The molecule has 2 aliphatic rings. The molecule has 0 aromatic heterocycles. The van der Waals surface area contributed by atoms with E-state index in [2.05, 4.69) is 10.2 Å². The van der Waals surface area contributed by atoms with Crippen molar-refractivity contribution in [1.82, 2.24) is 5.32 Å². The molecular formula is C15H19FN2O2. The molecule has 1 amide bonds. The van der Waals surface area contributed by atoms with Gasteiger partial charge in [-0.1, -0.05) is 0 Å². The molecule has 20 heavy (non-hydrogen) atoms. The Morgan fingerprint density at radius 2 is 2.30 bits per heavy atom. The molecule has 2 fully saturated rings. The Hall–Kier alpha value is -1.62. The Morgan fingerprint density at radius 3 is 3.05 bits per heavy atom. The molecule has 0 bridgehead atoms. The summed E-state index contributed by atoms with van der Waals surface area (Å²) in [6.07, 6.45) is 1.11. The molecular weight excluding hydrogens is 259 g/mol. The smallest absolute Gasteiger partial charge is 0.225 e. The molecule has 0 aliphatic carbocycles. The monoisotopic (exact) mass is 278 g/mol. The quantitative estimate of drug-likeness (QED) is 0.864. The van der Waals surface area contributed by atoms with E-state index < -0.39 is 6.10 Å². The number of fused-ring (bicyclic) bond motifs is 1. The summed E-state index contributed by atoms with van der Waals surface area (Å²) in [5.41, 5.74) is 1.43. The van der Waals surface area contributed by atoms with Gasteiger partial charge in [0, 0.05) is 24.3 Å². The number of carbonyl (C=O) groups excluding carboxylic acids is 1. The van der Waals surface area contributed by atoms with E-state index in [0.29, 0.717) is 12.1 Å². The van der Waals surface area contributed by atoms with Crippen LogP contribution in [0.15, 0.2) is 18.2 Å². The highest BCUT2D eigenvalue weighted by Crippen LogP contribution is 2.35. The molecule has 2 saturated heterocycles. The first kappa shape index (κ1) is 13.4. The number of aliphatic hydroxyl groups is 1. The van der Waals surface area contributed by atoms with Gasteiger partial charge in [-0.3, -0.25) is 4.79 Å². The first-order valence-corrected chi connectivity index (χ1v) is 7.10. The van der Waals surface area contributed by atoms with Crippen LogP contribution in [0, 0.1) is 11.7 Å². The maximum atomic E-state index is 13.4. The molecule has 2 aliphatic heterocycles. The lowest BCUT2D eigenvalue weighted by Crippen LogP contribution is -2.46. The molecule has 1 aromatic rings. The van der Waals surface area contributed by atoms with Crippen LogP contribution in [0.2, 0.25) is 0 Å². The van der Waals surface area contributed by atoms with Crippen molar-refractivity contribution in [3.8, 4) is 0 Å². The molecule has 2 unspecified atom stereocenters. The van der Waals surface area contributed by atoms with Gasteiger partial charge in [0.25, 0.3) is 0 Å². The van der Waals surface area contributed by atoms with Crippen LogP contribution < -0.4 is 10.2 Å². The average molecular weight is 278 g/mol. The second kappa shape index (κ2) is 5.05. The molecule has 3 atom stereocenters. The van der Waals surface area contributed by atoms with Crippen molar-refractivity contribution in [2.45, 2.75) is 31.9 Å². The topological polar surface area (TPSA) is 52.6 Å².